The van der Waals surface area contributed by atoms with Gasteiger partial charge in [0, 0.05) is 13.2 Å². The Kier molecular flexibility index (Phi) is 2.87. The summed E-state index contributed by atoms with van der Waals surface area (Å²) < 4.78 is 10.2. The second kappa shape index (κ2) is 3.72. The number of hydrogen-bond donors (Lipinski definition) is 0. The fraction of sp³-hybridized carbons (Fsp3) is 0.667. The second-order valence-electron chi connectivity index (χ2n) is 3.05. The summed E-state index contributed by atoms with van der Waals surface area (Å²) in [6.07, 6.45) is 4.28. The molecule has 12 heavy (non-hydrogen) atoms. The molecule has 0 aromatic rings. The van der Waals surface area contributed by atoms with Crippen molar-refractivity contribution in [3.8, 4) is 0 Å². The van der Waals surface area contributed by atoms with Gasteiger partial charge in [0.1, 0.15) is 12.2 Å². The predicted octanol–water partition coefficient (Wildman–Crippen LogP) is 1.28. The van der Waals surface area contributed by atoms with Crippen molar-refractivity contribution in [1.29, 1.82) is 0 Å². The van der Waals surface area contributed by atoms with Crippen LogP contribution >= 0.6 is 0 Å². The molecule has 0 N–H and O–H groups in total. The van der Waals surface area contributed by atoms with Crippen molar-refractivity contribution < 1.29 is 14.3 Å². The minimum atomic E-state index is -0.377. The monoisotopic (exact) mass is 170 g/mol. The van der Waals surface area contributed by atoms with Gasteiger partial charge >= 0.3 is 5.97 Å². The molecule has 1 saturated carbocycles. The molecule has 0 spiro atoms. The molecule has 0 aliphatic heterocycles. The van der Waals surface area contributed by atoms with E-state index in [4.69, 9.17) is 9.47 Å². The Morgan fingerprint density at radius 1 is 1.67 bits per heavy atom. The number of esters is 1. The molecule has 0 unspecified atom stereocenters. The van der Waals surface area contributed by atoms with Gasteiger partial charge in [0.25, 0.3) is 0 Å². The highest BCUT2D eigenvalue weighted by atomic mass is 16.6. The van der Waals surface area contributed by atoms with E-state index in [-0.39, 0.29) is 11.6 Å². The summed E-state index contributed by atoms with van der Waals surface area (Å²) in [5, 5.41) is 0. The maximum Gasteiger partial charge on any atom is 0.330 e. The van der Waals surface area contributed by atoms with Gasteiger partial charge in [0.2, 0.25) is 0 Å². The SMILES string of the molecule is C=CC(=O)OCC1(OC)CCC1. The summed E-state index contributed by atoms with van der Waals surface area (Å²) in [5.74, 6) is -0.377. The van der Waals surface area contributed by atoms with E-state index in [1.807, 2.05) is 0 Å². The van der Waals surface area contributed by atoms with Crippen LogP contribution in [-0.4, -0.2) is 25.3 Å². The van der Waals surface area contributed by atoms with E-state index in [1.165, 1.54) is 6.08 Å². The molecule has 1 rings (SSSR count). The fourth-order valence-corrected chi connectivity index (χ4v) is 1.24. The molecule has 1 fully saturated rings. The first-order chi connectivity index (χ1) is 5.72. The van der Waals surface area contributed by atoms with Crippen molar-refractivity contribution in [2.45, 2.75) is 24.9 Å². The molecule has 0 aromatic carbocycles. The summed E-state index contributed by atoms with van der Waals surface area (Å²) >= 11 is 0. The van der Waals surface area contributed by atoms with E-state index in [0.29, 0.717) is 6.61 Å². The first-order valence-corrected chi connectivity index (χ1v) is 4.07. The van der Waals surface area contributed by atoms with Crippen molar-refractivity contribution in [3.63, 3.8) is 0 Å². The average Bonchev–Trinajstić information content (AvgIpc) is 2.03. The molecule has 0 heterocycles. The maximum absolute atomic E-state index is 10.7. The lowest BCUT2D eigenvalue weighted by Crippen LogP contribution is -2.44. The van der Waals surface area contributed by atoms with Crippen molar-refractivity contribution >= 4 is 5.97 Å². The van der Waals surface area contributed by atoms with E-state index in [9.17, 15) is 4.79 Å². The maximum atomic E-state index is 10.7. The van der Waals surface area contributed by atoms with Crippen LogP contribution in [0.1, 0.15) is 19.3 Å². The van der Waals surface area contributed by atoms with E-state index < -0.39 is 0 Å². The number of carbonyl (C=O) groups excluding carboxylic acids is 1. The van der Waals surface area contributed by atoms with Crippen LogP contribution in [0.5, 0.6) is 0 Å². The Balaban J connectivity index is 2.29. The summed E-state index contributed by atoms with van der Waals surface area (Å²) in [6, 6.07) is 0. The van der Waals surface area contributed by atoms with Crippen molar-refractivity contribution in [2.24, 2.45) is 0 Å². The predicted molar refractivity (Wildman–Crippen MR) is 44.7 cm³/mol. The quantitative estimate of drug-likeness (QED) is 0.471. The fourth-order valence-electron chi connectivity index (χ4n) is 1.24. The Bertz CT molecular complexity index is 177. The lowest BCUT2D eigenvalue weighted by molar-refractivity contribution is -0.156. The normalized spacial score (nSPS) is 19.4. The summed E-state index contributed by atoms with van der Waals surface area (Å²) in [4.78, 5) is 10.7. The van der Waals surface area contributed by atoms with E-state index >= 15 is 0 Å². The first-order valence-electron chi connectivity index (χ1n) is 4.07. The number of rotatable bonds is 4. The van der Waals surface area contributed by atoms with Crippen LogP contribution in [-0.2, 0) is 14.3 Å². The van der Waals surface area contributed by atoms with Gasteiger partial charge in [-0.1, -0.05) is 6.58 Å². The number of ether oxygens (including phenoxy) is 2. The van der Waals surface area contributed by atoms with Crippen LogP contribution in [0, 0.1) is 0 Å². The van der Waals surface area contributed by atoms with Crippen LogP contribution < -0.4 is 0 Å². The Hall–Kier alpha value is -0.830. The van der Waals surface area contributed by atoms with Crippen LogP contribution in [0.4, 0.5) is 0 Å². The molecular formula is C9H14O3. The number of hydrogen-bond acceptors (Lipinski definition) is 3. The minimum absolute atomic E-state index is 0.196. The van der Waals surface area contributed by atoms with Crippen LogP contribution in [0.25, 0.3) is 0 Å². The van der Waals surface area contributed by atoms with Crippen LogP contribution in [0.15, 0.2) is 12.7 Å². The zero-order valence-electron chi connectivity index (χ0n) is 7.34. The third-order valence-electron chi connectivity index (χ3n) is 2.34. The zero-order valence-corrected chi connectivity index (χ0v) is 7.34. The van der Waals surface area contributed by atoms with Gasteiger partial charge < -0.3 is 9.47 Å². The third-order valence-corrected chi connectivity index (χ3v) is 2.34. The highest BCUT2D eigenvalue weighted by Crippen LogP contribution is 2.35. The van der Waals surface area contributed by atoms with Crippen molar-refractivity contribution in [3.05, 3.63) is 12.7 Å². The summed E-state index contributed by atoms with van der Waals surface area (Å²) in [6.45, 7) is 3.67. The second-order valence-corrected chi connectivity index (χ2v) is 3.05. The highest BCUT2D eigenvalue weighted by molar-refractivity contribution is 5.81. The van der Waals surface area contributed by atoms with Gasteiger partial charge in [-0.15, -0.1) is 0 Å². The Morgan fingerprint density at radius 3 is 2.67 bits per heavy atom. The molecule has 3 heteroatoms. The van der Waals surface area contributed by atoms with Crippen molar-refractivity contribution in [1.82, 2.24) is 0 Å². The van der Waals surface area contributed by atoms with E-state index in [2.05, 4.69) is 6.58 Å². The van der Waals surface area contributed by atoms with Crippen molar-refractivity contribution in [2.75, 3.05) is 13.7 Å². The molecule has 1 aliphatic carbocycles. The number of methoxy groups -OCH3 is 1. The van der Waals surface area contributed by atoms with E-state index in [0.717, 1.165) is 19.3 Å². The molecular weight excluding hydrogens is 156 g/mol. The minimum Gasteiger partial charge on any atom is -0.459 e. The van der Waals surface area contributed by atoms with Crippen LogP contribution in [0.3, 0.4) is 0 Å². The van der Waals surface area contributed by atoms with Gasteiger partial charge in [-0.05, 0) is 19.3 Å². The molecule has 0 aromatic heterocycles. The smallest absolute Gasteiger partial charge is 0.330 e. The molecule has 68 valence electrons. The van der Waals surface area contributed by atoms with Gasteiger partial charge in [0.15, 0.2) is 0 Å². The third kappa shape index (κ3) is 1.85. The van der Waals surface area contributed by atoms with Gasteiger partial charge in [-0.3, -0.25) is 0 Å². The molecule has 0 bridgehead atoms. The summed E-state index contributed by atoms with van der Waals surface area (Å²) in [7, 11) is 1.65. The first kappa shape index (κ1) is 9.26. The molecule has 0 atom stereocenters. The number of carbonyl (C=O) groups is 1. The lowest BCUT2D eigenvalue weighted by Gasteiger charge is -2.39. The van der Waals surface area contributed by atoms with Crippen LogP contribution in [0.2, 0.25) is 0 Å². The molecule has 0 saturated heterocycles. The largest absolute Gasteiger partial charge is 0.459 e. The van der Waals surface area contributed by atoms with Gasteiger partial charge in [-0.25, -0.2) is 4.79 Å². The van der Waals surface area contributed by atoms with Gasteiger partial charge in [-0.2, -0.15) is 0 Å². The molecule has 3 nitrogen and oxygen atoms in total. The molecule has 0 radical (unpaired) electrons. The lowest BCUT2D eigenvalue weighted by atomic mass is 9.81. The molecule has 1 aliphatic rings. The van der Waals surface area contributed by atoms with E-state index in [1.54, 1.807) is 7.11 Å². The topological polar surface area (TPSA) is 35.5 Å². The Labute approximate surface area is 72.4 Å². The van der Waals surface area contributed by atoms with Gasteiger partial charge in [0.05, 0.1) is 0 Å². The Morgan fingerprint density at radius 2 is 2.33 bits per heavy atom. The average molecular weight is 170 g/mol. The molecule has 0 amide bonds. The zero-order chi connectivity index (χ0) is 9.03. The summed E-state index contributed by atoms with van der Waals surface area (Å²) in [5.41, 5.74) is -0.196. The standard InChI is InChI=1S/C9H14O3/c1-3-8(10)12-7-9(11-2)5-4-6-9/h3H,1,4-7H2,2H3. The highest BCUT2D eigenvalue weighted by Gasteiger charge is 2.38.